The number of carbonyl (C=O) groups is 1. The molecule has 0 aliphatic heterocycles. The SMILES string of the molecule is N/C(=N\OC(=O)CCc1c[nH]c2ccccc12)c1ccc([N+](=O)[O-])cc1. The van der Waals surface area contributed by atoms with E-state index in [-0.39, 0.29) is 17.9 Å². The van der Waals surface area contributed by atoms with Gasteiger partial charge in [0.15, 0.2) is 5.84 Å². The first-order valence-corrected chi connectivity index (χ1v) is 7.88. The van der Waals surface area contributed by atoms with Crippen LogP contribution in [0.3, 0.4) is 0 Å². The molecule has 0 saturated heterocycles. The van der Waals surface area contributed by atoms with Gasteiger partial charge in [-0.15, -0.1) is 0 Å². The lowest BCUT2D eigenvalue weighted by atomic mass is 10.1. The molecule has 26 heavy (non-hydrogen) atoms. The molecule has 0 atom stereocenters. The van der Waals surface area contributed by atoms with Gasteiger partial charge in [0.25, 0.3) is 5.69 Å². The van der Waals surface area contributed by atoms with Gasteiger partial charge in [-0.3, -0.25) is 10.1 Å². The molecule has 0 spiro atoms. The molecule has 0 aliphatic carbocycles. The number of nitrogens with zero attached hydrogens (tertiary/aromatic N) is 2. The van der Waals surface area contributed by atoms with Gasteiger partial charge in [-0.25, -0.2) is 4.79 Å². The van der Waals surface area contributed by atoms with Crippen LogP contribution in [0.4, 0.5) is 5.69 Å². The molecule has 132 valence electrons. The Kier molecular flexibility index (Phi) is 4.93. The Morgan fingerprint density at radius 3 is 2.65 bits per heavy atom. The topological polar surface area (TPSA) is 124 Å². The molecule has 0 amide bonds. The smallest absolute Gasteiger partial charge is 0.335 e. The molecule has 0 bridgehead atoms. The maximum atomic E-state index is 11.9. The third-order valence-electron chi connectivity index (χ3n) is 3.89. The number of hydrogen-bond donors (Lipinski definition) is 2. The lowest BCUT2D eigenvalue weighted by Gasteiger charge is -2.01. The Morgan fingerprint density at radius 1 is 1.19 bits per heavy atom. The summed E-state index contributed by atoms with van der Waals surface area (Å²) in [6.07, 6.45) is 2.53. The van der Waals surface area contributed by atoms with E-state index in [1.54, 1.807) is 0 Å². The lowest BCUT2D eigenvalue weighted by molar-refractivity contribution is -0.384. The molecular weight excluding hydrogens is 336 g/mol. The van der Waals surface area contributed by atoms with Crippen molar-refractivity contribution in [2.45, 2.75) is 12.8 Å². The number of nitrogens with one attached hydrogen (secondary N) is 1. The fourth-order valence-corrected chi connectivity index (χ4v) is 2.53. The number of oxime groups is 1. The first-order valence-electron chi connectivity index (χ1n) is 7.88. The molecule has 1 aromatic heterocycles. The monoisotopic (exact) mass is 352 g/mol. The Morgan fingerprint density at radius 2 is 1.92 bits per heavy atom. The van der Waals surface area contributed by atoms with E-state index < -0.39 is 10.9 Å². The second-order valence-electron chi connectivity index (χ2n) is 5.60. The van der Waals surface area contributed by atoms with Gasteiger partial charge in [0, 0.05) is 34.8 Å². The number of nitrogens with two attached hydrogens (primary N) is 1. The van der Waals surface area contributed by atoms with E-state index >= 15 is 0 Å². The summed E-state index contributed by atoms with van der Waals surface area (Å²) in [7, 11) is 0. The minimum Gasteiger partial charge on any atom is -0.380 e. The number of benzene rings is 2. The highest BCUT2D eigenvalue weighted by Crippen LogP contribution is 2.19. The predicted molar refractivity (Wildman–Crippen MR) is 96.5 cm³/mol. The summed E-state index contributed by atoms with van der Waals surface area (Å²) >= 11 is 0. The summed E-state index contributed by atoms with van der Waals surface area (Å²) in [5.74, 6) is -0.541. The average Bonchev–Trinajstić information content (AvgIpc) is 3.07. The van der Waals surface area contributed by atoms with E-state index in [2.05, 4.69) is 10.1 Å². The molecular formula is C18H16N4O4. The average molecular weight is 352 g/mol. The molecule has 0 aliphatic rings. The quantitative estimate of drug-likeness (QED) is 0.232. The van der Waals surface area contributed by atoms with Crippen LogP contribution in [0.5, 0.6) is 0 Å². The van der Waals surface area contributed by atoms with Crippen molar-refractivity contribution in [2.24, 2.45) is 10.9 Å². The number of rotatable bonds is 6. The minimum atomic E-state index is -0.514. The van der Waals surface area contributed by atoms with Crippen LogP contribution in [0, 0.1) is 10.1 Å². The zero-order valence-corrected chi connectivity index (χ0v) is 13.7. The number of aryl methyl sites for hydroxylation is 1. The van der Waals surface area contributed by atoms with Gasteiger partial charge in [-0.2, -0.15) is 0 Å². The summed E-state index contributed by atoms with van der Waals surface area (Å²) in [4.78, 5) is 30.0. The van der Waals surface area contributed by atoms with Crippen LogP contribution in [0.1, 0.15) is 17.5 Å². The van der Waals surface area contributed by atoms with Crippen LogP contribution in [0.15, 0.2) is 59.9 Å². The maximum absolute atomic E-state index is 11.9. The van der Waals surface area contributed by atoms with Gasteiger partial charge in [0.1, 0.15) is 0 Å². The summed E-state index contributed by atoms with van der Waals surface area (Å²) < 4.78 is 0. The van der Waals surface area contributed by atoms with Gasteiger partial charge in [-0.1, -0.05) is 23.4 Å². The standard InChI is InChI=1S/C18H16N4O4/c19-18(12-5-8-14(9-6-12)22(24)25)21-26-17(23)10-7-13-11-20-16-4-2-1-3-15(13)16/h1-6,8-9,11,20H,7,10H2,(H2,19,21). The Bertz CT molecular complexity index is 976. The number of aromatic nitrogens is 1. The molecule has 8 nitrogen and oxygen atoms in total. The van der Waals surface area contributed by atoms with Crippen molar-refractivity contribution in [1.29, 1.82) is 0 Å². The lowest BCUT2D eigenvalue weighted by Crippen LogP contribution is -2.15. The van der Waals surface area contributed by atoms with Gasteiger partial charge in [0.05, 0.1) is 11.3 Å². The van der Waals surface area contributed by atoms with Crippen LogP contribution < -0.4 is 5.73 Å². The van der Waals surface area contributed by atoms with Gasteiger partial charge in [-0.05, 0) is 30.2 Å². The molecule has 3 N–H and O–H groups in total. The zero-order chi connectivity index (χ0) is 18.5. The van der Waals surface area contributed by atoms with Crippen molar-refractivity contribution in [3.8, 4) is 0 Å². The number of non-ortho nitro benzene ring substituents is 1. The van der Waals surface area contributed by atoms with E-state index in [1.807, 2.05) is 30.5 Å². The number of nitro groups is 1. The summed E-state index contributed by atoms with van der Waals surface area (Å²) in [6.45, 7) is 0. The highest BCUT2D eigenvalue weighted by molar-refractivity contribution is 5.97. The Hall–Kier alpha value is -3.68. The van der Waals surface area contributed by atoms with Gasteiger partial charge >= 0.3 is 5.97 Å². The first-order chi connectivity index (χ1) is 12.5. The number of carbonyl (C=O) groups excluding carboxylic acids is 1. The van der Waals surface area contributed by atoms with E-state index in [9.17, 15) is 14.9 Å². The number of para-hydroxylation sites is 1. The van der Waals surface area contributed by atoms with Crippen molar-refractivity contribution in [3.63, 3.8) is 0 Å². The Labute approximate surface area is 148 Å². The third-order valence-corrected chi connectivity index (χ3v) is 3.89. The van der Waals surface area contributed by atoms with E-state index in [4.69, 9.17) is 10.6 Å². The van der Waals surface area contributed by atoms with E-state index in [0.717, 1.165) is 16.5 Å². The normalized spacial score (nSPS) is 11.5. The molecule has 0 fully saturated rings. The second kappa shape index (κ2) is 7.47. The van der Waals surface area contributed by atoms with Gasteiger partial charge < -0.3 is 15.6 Å². The molecule has 0 radical (unpaired) electrons. The molecule has 8 heteroatoms. The molecule has 2 aromatic carbocycles. The number of aromatic amines is 1. The van der Waals surface area contributed by atoms with Crippen LogP contribution in [-0.4, -0.2) is 21.7 Å². The number of hydrogen-bond acceptors (Lipinski definition) is 5. The van der Waals surface area contributed by atoms with E-state index in [1.165, 1.54) is 24.3 Å². The van der Waals surface area contributed by atoms with Crippen LogP contribution in [0.2, 0.25) is 0 Å². The maximum Gasteiger partial charge on any atom is 0.335 e. The minimum absolute atomic E-state index is 0.0275. The summed E-state index contributed by atoms with van der Waals surface area (Å²) in [5.41, 5.74) is 8.13. The second-order valence-corrected chi connectivity index (χ2v) is 5.60. The number of amidine groups is 1. The van der Waals surface area contributed by atoms with Crippen LogP contribution in [0.25, 0.3) is 10.9 Å². The Balaban J connectivity index is 1.57. The van der Waals surface area contributed by atoms with Crippen molar-refractivity contribution in [3.05, 3.63) is 76.0 Å². The third kappa shape index (κ3) is 3.86. The van der Waals surface area contributed by atoms with Crippen molar-refractivity contribution in [1.82, 2.24) is 4.98 Å². The predicted octanol–water partition coefficient (Wildman–Crippen LogP) is 2.87. The van der Waals surface area contributed by atoms with Crippen molar-refractivity contribution in [2.75, 3.05) is 0 Å². The van der Waals surface area contributed by atoms with E-state index in [0.29, 0.717) is 12.0 Å². The van der Waals surface area contributed by atoms with Crippen molar-refractivity contribution >= 4 is 28.4 Å². The molecule has 1 heterocycles. The summed E-state index contributed by atoms with van der Waals surface area (Å²) in [5, 5.41) is 15.3. The molecule has 0 unspecified atom stereocenters. The first kappa shape index (κ1) is 17.2. The van der Waals surface area contributed by atoms with Crippen LogP contribution >= 0.6 is 0 Å². The molecule has 3 rings (SSSR count). The zero-order valence-electron chi connectivity index (χ0n) is 13.7. The highest BCUT2D eigenvalue weighted by atomic mass is 16.7. The highest BCUT2D eigenvalue weighted by Gasteiger charge is 2.09. The number of fused-ring (bicyclic) bond motifs is 1. The van der Waals surface area contributed by atoms with Crippen LogP contribution in [-0.2, 0) is 16.1 Å². The number of H-pyrrole nitrogens is 1. The fourth-order valence-electron chi connectivity index (χ4n) is 2.53. The fraction of sp³-hybridized carbons (Fsp3) is 0.111. The number of nitro benzene ring substituents is 1. The molecule has 3 aromatic rings. The largest absolute Gasteiger partial charge is 0.380 e. The summed E-state index contributed by atoms with van der Waals surface area (Å²) in [6, 6.07) is 13.3. The van der Waals surface area contributed by atoms with Gasteiger partial charge in [0.2, 0.25) is 0 Å². The van der Waals surface area contributed by atoms with Crippen molar-refractivity contribution < 1.29 is 14.6 Å². The molecule has 0 saturated carbocycles.